The lowest BCUT2D eigenvalue weighted by Gasteiger charge is -2.14. The molecule has 0 aliphatic rings. The molecule has 0 saturated heterocycles. The zero-order valence-electron chi connectivity index (χ0n) is 12.1. The van der Waals surface area contributed by atoms with Crippen LogP contribution in [0.1, 0.15) is 43.8 Å². The maximum absolute atomic E-state index is 12.4. The highest BCUT2D eigenvalue weighted by Gasteiger charge is 2.26. The van der Waals surface area contributed by atoms with Crippen molar-refractivity contribution >= 4 is 10.0 Å². The lowest BCUT2D eigenvalue weighted by molar-refractivity contribution is 0.475. The predicted octanol–water partition coefficient (Wildman–Crippen LogP) is 2.07. The summed E-state index contributed by atoms with van der Waals surface area (Å²) in [6.45, 7) is 8.10. The second-order valence-corrected chi connectivity index (χ2v) is 6.46. The van der Waals surface area contributed by atoms with E-state index in [-0.39, 0.29) is 11.4 Å². The summed E-state index contributed by atoms with van der Waals surface area (Å²) in [5, 5.41) is 0. The minimum absolute atomic E-state index is 0.157. The van der Waals surface area contributed by atoms with Gasteiger partial charge in [-0.3, -0.25) is 0 Å². The van der Waals surface area contributed by atoms with Crippen molar-refractivity contribution in [3.05, 3.63) is 17.1 Å². The molecule has 0 aromatic carbocycles. The van der Waals surface area contributed by atoms with Crippen LogP contribution in [0.4, 0.5) is 0 Å². The van der Waals surface area contributed by atoms with E-state index in [4.69, 9.17) is 10.2 Å². The third-order valence-electron chi connectivity index (χ3n) is 3.51. The summed E-state index contributed by atoms with van der Waals surface area (Å²) in [4.78, 5) is 0.207. The van der Waals surface area contributed by atoms with E-state index >= 15 is 0 Å². The molecule has 3 N–H and O–H groups in total. The first kappa shape index (κ1) is 16.2. The molecule has 1 heterocycles. The minimum atomic E-state index is -3.55. The van der Waals surface area contributed by atoms with E-state index in [0.717, 1.165) is 12.8 Å². The van der Waals surface area contributed by atoms with Crippen molar-refractivity contribution in [1.29, 1.82) is 0 Å². The second kappa shape index (κ2) is 6.54. The summed E-state index contributed by atoms with van der Waals surface area (Å²) < 4.78 is 32.8. The zero-order valence-corrected chi connectivity index (χ0v) is 12.9. The molecular formula is C13H24N2O3S. The van der Waals surface area contributed by atoms with E-state index in [1.165, 1.54) is 0 Å². The summed E-state index contributed by atoms with van der Waals surface area (Å²) in [6, 6.07) is 0. The van der Waals surface area contributed by atoms with E-state index < -0.39 is 10.0 Å². The fourth-order valence-corrected chi connectivity index (χ4v) is 3.75. The number of furan rings is 1. The molecule has 5 nitrogen and oxygen atoms in total. The lowest BCUT2D eigenvalue weighted by Crippen LogP contribution is -2.30. The van der Waals surface area contributed by atoms with E-state index in [1.54, 1.807) is 13.8 Å². The number of aryl methyl sites for hydroxylation is 2. The Kier molecular flexibility index (Phi) is 5.58. The Labute approximate surface area is 115 Å². The van der Waals surface area contributed by atoms with Crippen LogP contribution >= 0.6 is 0 Å². The molecule has 19 heavy (non-hydrogen) atoms. The minimum Gasteiger partial charge on any atom is -0.465 e. The molecule has 1 aromatic heterocycles. The second-order valence-electron chi connectivity index (χ2n) is 4.76. The Balaban J connectivity index is 3.01. The van der Waals surface area contributed by atoms with Gasteiger partial charge in [0, 0.05) is 18.7 Å². The summed E-state index contributed by atoms with van der Waals surface area (Å²) in [7, 11) is -3.55. The van der Waals surface area contributed by atoms with Gasteiger partial charge in [-0.15, -0.1) is 0 Å². The van der Waals surface area contributed by atoms with Gasteiger partial charge < -0.3 is 10.2 Å². The fourth-order valence-electron chi connectivity index (χ4n) is 2.17. The molecule has 0 aliphatic carbocycles. The maximum atomic E-state index is 12.4. The van der Waals surface area contributed by atoms with E-state index in [9.17, 15) is 8.42 Å². The van der Waals surface area contributed by atoms with Gasteiger partial charge in [0.25, 0.3) is 0 Å². The molecule has 6 heteroatoms. The molecule has 0 aliphatic heterocycles. The van der Waals surface area contributed by atoms with Gasteiger partial charge in [-0.2, -0.15) is 0 Å². The van der Waals surface area contributed by atoms with Crippen molar-refractivity contribution in [2.24, 2.45) is 11.7 Å². The van der Waals surface area contributed by atoms with Gasteiger partial charge in [0.15, 0.2) is 0 Å². The van der Waals surface area contributed by atoms with Crippen LogP contribution < -0.4 is 10.5 Å². The number of nitrogens with two attached hydrogens (primary N) is 1. The molecule has 0 radical (unpaired) electrons. The van der Waals surface area contributed by atoms with Crippen molar-refractivity contribution in [2.75, 3.05) is 6.54 Å². The van der Waals surface area contributed by atoms with Crippen molar-refractivity contribution in [3.8, 4) is 0 Å². The average molecular weight is 288 g/mol. The van der Waals surface area contributed by atoms with Gasteiger partial charge in [0.1, 0.15) is 16.4 Å². The number of nitrogens with one attached hydrogen (secondary N) is 1. The maximum Gasteiger partial charge on any atom is 0.244 e. The number of sulfonamides is 1. The highest BCUT2D eigenvalue weighted by molar-refractivity contribution is 7.89. The van der Waals surface area contributed by atoms with Crippen molar-refractivity contribution < 1.29 is 12.8 Å². The summed E-state index contributed by atoms with van der Waals surface area (Å²) in [5.41, 5.74) is 6.18. The Bertz CT molecular complexity index is 516. The quantitative estimate of drug-likeness (QED) is 0.804. The van der Waals surface area contributed by atoms with Gasteiger partial charge in [-0.05, 0) is 19.8 Å². The molecule has 0 bridgehead atoms. The number of rotatable bonds is 7. The summed E-state index contributed by atoms with van der Waals surface area (Å²) >= 11 is 0. The van der Waals surface area contributed by atoms with Gasteiger partial charge >= 0.3 is 0 Å². The number of hydrogen-bond acceptors (Lipinski definition) is 4. The predicted molar refractivity (Wildman–Crippen MR) is 75.3 cm³/mol. The Morgan fingerprint density at radius 3 is 2.26 bits per heavy atom. The molecule has 0 atom stereocenters. The molecule has 0 fully saturated rings. The van der Waals surface area contributed by atoms with Crippen molar-refractivity contribution in [1.82, 2.24) is 4.72 Å². The topological polar surface area (TPSA) is 85.3 Å². The fraction of sp³-hybridized carbons (Fsp3) is 0.692. The van der Waals surface area contributed by atoms with Crippen LogP contribution in [-0.2, 0) is 16.6 Å². The van der Waals surface area contributed by atoms with Gasteiger partial charge in [-0.25, -0.2) is 13.1 Å². The largest absolute Gasteiger partial charge is 0.465 e. The first-order chi connectivity index (χ1) is 8.87. The first-order valence-electron chi connectivity index (χ1n) is 6.65. The molecule has 0 saturated carbocycles. The highest BCUT2D eigenvalue weighted by atomic mass is 32.2. The van der Waals surface area contributed by atoms with Crippen LogP contribution in [-0.4, -0.2) is 15.0 Å². The van der Waals surface area contributed by atoms with E-state index in [2.05, 4.69) is 18.6 Å². The lowest BCUT2D eigenvalue weighted by atomic mass is 10.0. The van der Waals surface area contributed by atoms with Gasteiger partial charge in [-0.1, -0.05) is 26.7 Å². The van der Waals surface area contributed by atoms with E-state index in [1.807, 2.05) is 0 Å². The highest BCUT2D eigenvalue weighted by Crippen LogP contribution is 2.26. The third kappa shape index (κ3) is 3.58. The van der Waals surface area contributed by atoms with Crippen molar-refractivity contribution in [3.63, 3.8) is 0 Å². The van der Waals surface area contributed by atoms with Crippen LogP contribution in [0.15, 0.2) is 9.31 Å². The van der Waals surface area contributed by atoms with Crippen LogP contribution in [0, 0.1) is 19.8 Å². The Morgan fingerprint density at radius 1 is 1.21 bits per heavy atom. The number of hydrogen-bond donors (Lipinski definition) is 2. The van der Waals surface area contributed by atoms with Crippen LogP contribution in [0.2, 0.25) is 0 Å². The Hall–Kier alpha value is -0.850. The molecule has 0 amide bonds. The standard InChI is InChI=1S/C13H24N2O3S/c1-5-11(6-2)8-15-19(16,17)13-10(4)18-9(3)12(13)7-14/h11,15H,5-8,14H2,1-4H3. The van der Waals surface area contributed by atoms with Gasteiger partial charge in [0.2, 0.25) is 10.0 Å². The van der Waals surface area contributed by atoms with Crippen LogP contribution in [0.3, 0.4) is 0 Å². The summed E-state index contributed by atoms with van der Waals surface area (Å²) in [6.07, 6.45) is 1.90. The monoisotopic (exact) mass is 288 g/mol. The smallest absolute Gasteiger partial charge is 0.244 e. The first-order valence-corrected chi connectivity index (χ1v) is 8.14. The van der Waals surface area contributed by atoms with Crippen molar-refractivity contribution in [2.45, 2.75) is 52.0 Å². The molecular weight excluding hydrogens is 264 g/mol. The van der Waals surface area contributed by atoms with Crippen LogP contribution in [0.5, 0.6) is 0 Å². The molecule has 1 aromatic rings. The average Bonchev–Trinajstić information content (AvgIpc) is 2.65. The van der Waals surface area contributed by atoms with Gasteiger partial charge in [0.05, 0.1) is 0 Å². The Morgan fingerprint density at radius 2 is 1.79 bits per heavy atom. The normalized spacial score (nSPS) is 12.3. The third-order valence-corrected chi connectivity index (χ3v) is 5.13. The summed E-state index contributed by atoms with van der Waals surface area (Å²) in [5.74, 6) is 1.32. The molecule has 110 valence electrons. The van der Waals surface area contributed by atoms with Crippen LogP contribution in [0.25, 0.3) is 0 Å². The van der Waals surface area contributed by atoms with E-state index in [0.29, 0.717) is 29.5 Å². The zero-order chi connectivity index (χ0) is 14.6. The molecule has 1 rings (SSSR count). The molecule has 0 unspecified atom stereocenters. The SMILES string of the molecule is CCC(CC)CNS(=O)(=O)c1c(C)oc(C)c1CN. The molecule has 0 spiro atoms.